The predicted octanol–water partition coefficient (Wildman–Crippen LogP) is 2.33. The second-order valence-electron chi connectivity index (χ2n) is 4.51. The van der Waals surface area contributed by atoms with Crippen LogP contribution in [0.25, 0.3) is 0 Å². The smallest absolute Gasteiger partial charge is 0.269 e. The lowest BCUT2D eigenvalue weighted by molar-refractivity contribution is -0.384. The van der Waals surface area contributed by atoms with Gasteiger partial charge in [-0.1, -0.05) is 6.92 Å². The molecule has 0 heterocycles. The first kappa shape index (κ1) is 14.6. The van der Waals surface area contributed by atoms with Crippen molar-refractivity contribution in [2.75, 3.05) is 0 Å². The highest BCUT2D eigenvalue weighted by molar-refractivity contribution is 5.96. The Morgan fingerprint density at radius 1 is 1.58 bits per heavy atom. The van der Waals surface area contributed by atoms with Crippen molar-refractivity contribution in [2.45, 2.75) is 32.7 Å². The molecule has 1 aromatic carbocycles. The molecule has 0 aliphatic heterocycles. The zero-order valence-electron chi connectivity index (χ0n) is 11.1. The Balaban J connectivity index is 3.02. The van der Waals surface area contributed by atoms with Gasteiger partial charge in [0.2, 0.25) is 0 Å². The number of hydrogen-bond acceptors (Lipinski definition) is 4. The minimum atomic E-state index is -0.939. The van der Waals surface area contributed by atoms with Crippen molar-refractivity contribution in [3.63, 3.8) is 0 Å². The third-order valence-corrected chi connectivity index (χ3v) is 3.01. The van der Waals surface area contributed by atoms with E-state index in [4.69, 9.17) is 5.26 Å². The van der Waals surface area contributed by atoms with E-state index in [0.29, 0.717) is 17.5 Å². The van der Waals surface area contributed by atoms with Gasteiger partial charge < -0.3 is 5.32 Å². The fourth-order valence-electron chi connectivity index (χ4n) is 1.53. The van der Waals surface area contributed by atoms with Crippen molar-refractivity contribution in [3.8, 4) is 6.07 Å². The number of amides is 1. The van der Waals surface area contributed by atoms with Gasteiger partial charge in [-0.2, -0.15) is 5.26 Å². The molecule has 6 nitrogen and oxygen atoms in total. The van der Waals surface area contributed by atoms with E-state index in [1.807, 2.05) is 6.07 Å². The second kappa shape index (κ2) is 5.48. The minimum Gasteiger partial charge on any atom is -0.334 e. The normalized spacial score (nSPS) is 13.2. The van der Waals surface area contributed by atoms with Gasteiger partial charge >= 0.3 is 0 Å². The van der Waals surface area contributed by atoms with Crippen molar-refractivity contribution in [3.05, 3.63) is 39.4 Å². The van der Waals surface area contributed by atoms with Crippen molar-refractivity contribution >= 4 is 11.6 Å². The molecule has 0 spiro atoms. The summed E-state index contributed by atoms with van der Waals surface area (Å²) < 4.78 is 0. The highest BCUT2D eigenvalue weighted by Crippen LogP contribution is 2.18. The van der Waals surface area contributed by atoms with E-state index >= 15 is 0 Å². The maximum absolute atomic E-state index is 12.0. The van der Waals surface area contributed by atoms with Crippen LogP contribution in [0.4, 0.5) is 5.69 Å². The Labute approximate surface area is 111 Å². The number of non-ortho nitro benzene ring substituents is 1. The Morgan fingerprint density at radius 3 is 2.63 bits per heavy atom. The zero-order valence-corrected chi connectivity index (χ0v) is 11.1. The third-order valence-electron chi connectivity index (χ3n) is 3.01. The lowest BCUT2D eigenvalue weighted by Crippen LogP contribution is -2.44. The predicted molar refractivity (Wildman–Crippen MR) is 69.6 cm³/mol. The molecular formula is C13H15N3O3. The van der Waals surface area contributed by atoms with E-state index in [1.54, 1.807) is 20.8 Å². The van der Waals surface area contributed by atoms with Crippen LogP contribution in [0.1, 0.15) is 36.2 Å². The van der Waals surface area contributed by atoms with Gasteiger partial charge in [-0.3, -0.25) is 14.9 Å². The van der Waals surface area contributed by atoms with E-state index in [2.05, 4.69) is 5.32 Å². The minimum absolute atomic E-state index is 0.0624. The molecule has 19 heavy (non-hydrogen) atoms. The fourth-order valence-corrected chi connectivity index (χ4v) is 1.53. The lowest BCUT2D eigenvalue weighted by atomic mass is 9.99. The van der Waals surface area contributed by atoms with E-state index in [9.17, 15) is 14.9 Å². The Hall–Kier alpha value is -2.42. The third kappa shape index (κ3) is 3.28. The topological polar surface area (TPSA) is 96.0 Å². The zero-order chi connectivity index (χ0) is 14.6. The molecule has 1 N–H and O–H groups in total. The second-order valence-corrected chi connectivity index (χ2v) is 4.51. The quantitative estimate of drug-likeness (QED) is 0.664. The standard InChI is InChI=1S/C13H15N3O3/c1-4-13(3,8-14)15-12(17)11-6-5-10(16(18)19)7-9(11)2/h5-7H,4H2,1-3H3,(H,15,17). The molecule has 0 saturated carbocycles. The SMILES string of the molecule is CCC(C)(C#N)NC(=O)c1ccc([N+](=O)[O-])cc1C. The van der Waals surface area contributed by atoms with Crippen LogP contribution < -0.4 is 5.32 Å². The molecule has 1 amide bonds. The van der Waals surface area contributed by atoms with Gasteiger partial charge in [-0.15, -0.1) is 0 Å². The number of hydrogen-bond donors (Lipinski definition) is 1. The number of nitriles is 1. The molecule has 1 aromatic rings. The molecule has 1 unspecified atom stereocenters. The van der Waals surface area contributed by atoms with Crippen molar-refractivity contribution in [2.24, 2.45) is 0 Å². The first-order chi connectivity index (χ1) is 8.83. The molecule has 0 aromatic heterocycles. The van der Waals surface area contributed by atoms with Crippen LogP contribution in [0.5, 0.6) is 0 Å². The molecule has 0 bridgehead atoms. The molecule has 1 atom stereocenters. The number of benzene rings is 1. The Kier molecular flexibility index (Phi) is 4.22. The van der Waals surface area contributed by atoms with Crippen LogP contribution in [0.3, 0.4) is 0 Å². The number of nitrogens with zero attached hydrogens (tertiary/aromatic N) is 2. The monoisotopic (exact) mass is 261 g/mol. The fraction of sp³-hybridized carbons (Fsp3) is 0.385. The van der Waals surface area contributed by atoms with Crippen molar-refractivity contribution in [1.82, 2.24) is 5.32 Å². The summed E-state index contributed by atoms with van der Waals surface area (Å²) in [6.45, 7) is 5.05. The Morgan fingerprint density at radius 2 is 2.21 bits per heavy atom. The number of carbonyl (C=O) groups is 1. The Bertz CT molecular complexity index is 563. The van der Waals surface area contributed by atoms with Gasteiger partial charge in [0.05, 0.1) is 11.0 Å². The van der Waals surface area contributed by atoms with Gasteiger partial charge in [-0.25, -0.2) is 0 Å². The van der Waals surface area contributed by atoms with Crippen molar-refractivity contribution in [1.29, 1.82) is 5.26 Å². The molecule has 0 radical (unpaired) electrons. The summed E-state index contributed by atoms with van der Waals surface area (Å²) in [5.41, 5.74) is -0.165. The van der Waals surface area contributed by atoms with Crippen LogP contribution >= 0.6 is 0 Å². The summed E-state index contributed by atoms with van der Waals surface area (Å²) in [4.78, 5) is 22.2. The maximum Gasteiger partial charge on any atom is 0.269 e. The summed E-state index contributed by atoms with van der Waals surface area (Å²) in [7, 11) is 0. The van der Waals surface area contributed by atoms with E-state index < -0.39 is 16.4 Å². The molecule has 1 rings (SSSR count). The van der Waals surface area contributed by atoms with Gasteiger partial charge in [-0.05, 0) is 31.9 Å². The largest absolute Gasteiger partial charge is 0.334 e. The van der Waals surface area contributed by atoms with Crippen LogP contribution in [-0.2, 0) is 0 Å². The van der Waals surface area contributed by atoms with Gasteiger partial charge in [0.15, 0.2) is 0 Å². The van der Waals surface area contributed by atoms with Gasteiger partial charge in [0, 0.05) is 17.7 Å². The summed E-state index contributed by atoms with van der Waals surface area (Å²) in [6.07, 6.45) is 0.473. The number of nitro benzene ring substituents is 1. The summed E-state index contributed by atoms with van der Waals surface area (Å²) in [5.74, 6) is -0.404. The van der Waals surface area contributed by atoms with Crippen LogP contribution in [0, 0.1) is 28.4 Å². The number of aryl methyl sites for hydroxylation is 1. The summed E-state index contributed by atoms with van der Waals surface area (Å²) in [6, 6.07) is 6.05. The molecule has 6 heteroatoms. The van der Waals surface area contributed by atoms with Gasteiger partial charge in [0.25, 0.3) is 11.6 Å². The van der Waals surface area contributed by atoms with Gasteiger partial charge in [0.1, 0.15) is 5.54 Å². The first-order valence-corrected chi connectivity index (χ1v) is 5.82. The van der Waals surface area contributed by atoms with Crippen LogP contribution in [-0.4, -0.2) is 16.4 Å². The lowest BCUT2D eigenvalue weighted by Gasteiger charge is -2.21. The molecule has 0 aliphatic carbocycles. The molecule has 0 aliphatic rings. The maximum atomic E-state index is 12.0. The average molecular weight is 261 g/mol. The van der Waals surface area contributed by atoms with Crippen LogP contribution in [0.2, 0.25) is 0 Å². The van der Waals surface area contributed by atoms with E-state index in [-0.39, 0.29) is 5.69 Å². The number of carbonyl (C=O) groups excluding carboxylic acids is 1. The van der Waals surface area contributed by atoms with E-state index in [0.717, 1.165) is 0 Å². The number of nitrogens with one attached hydrogen (secondary N) is 1. The highest BCUT2D eigenvalue weighted by atomic mass is 16.6. The number of nitro groups is 1. The summed E-state index contributed by atoms with van der Waals surface area (Å²) >= 11 is 0. The first-order valence-electron chi connectivity index (χ1n) is 5.82. The number of rotatable bonds is 4. The van der Waals surface area contributed by atoms with Crippen LogP contribution in [0.15, 0.2) is 18.2 Å². The molecule has 0 fully saturated rings. The molecular weight excluding hydrogens is 246 g/mol. The van der Waals surface area contributed by atoms with Crippen molar-refractivity contribution < 1.29 is 9.72 Å². The average Bonchev–Trinajstić information content (AvgIpc) is 2.38. The molecule has 100 valence electrons. The van der Waals surface area contributed by atoms with E-state index in [1.165, 1.54) is 18.2 Å². The summed E-state index contributed by atoms with van der Waals surface area (Å²) in [5, 5.41) is 22.3. The molecule has 0 saturated heterocycles. The highest BCUT2D eigenvalue weighted by Gasteiger charge is 2.25.